The maximum absolute atomic E-state index is 13.0. The van der Waals surface area contributed by atoms with Crippen molar-refractivity contribution in [2.45, 2.75) is 143 Å². The molecule has 10 heteroatoms. The van der Waals surface area contributed by atoms with Crippen LogP contribution in [0.1, 0.15) is 137 Å². The second-order valence-corrected chi connectivity index (χ2v) is 13.5. The van der Waals surface area contributed by atoms with Gasteiger partial charge >= 0.3 is 17.9 Å². The molecule has 0 aromatic heterocycles. The van der Waals surface area contributed by atoms with Gasteiger partial charge in [0.05, 0.1) is 5.92 Å². The molecule has 0 aromatic carbocycles. The van der Waals surface area contributed by atoms with E-state index >= 15 is 0 Å². The van der Waals surface area contributed by atoms with Gasteiger partial charge in [0.25, 0.3) is 5.91 Å². The van der Waals surface area contributed by atoms with Gasteiger partial charge in [-0.3, -0.25) is 24.0 Å². The number of carboxylic acid groups (broad SMARTS) is 1. The Labute approximate surface area is 277 Å². The number of aliphatic carboxylic acids is 1. The van der Waals surface area contributed by atoms with Crippen molar-refractivity contribution >= 4 is 29.7 Å². The Morgan fingerprint density at radius 3 is 1.91 bits per heavy atom. The Bertz CT molecular complexity index is 956. The summed E-state index contributed by atoms with van der Waals surface area (Å²) in [7, 11) is 0. The van der Waals surface area contributed by atoms with Crippen molar-refractivity contribution in [2.75, 3.05) is 26.2 Å². The van der Waals surface area contributed by atoms with Gasteiger partial charge in [-0.15, -0.1) is 0 Å². The lowest BCUT2D eigenvalue weighted by Crippen LogP contribution is -2.51. The zero-order valence-corrected chi connectivity index (χ0v) is 29.3. The topological polar surface area (TPSA) is 139 Å². The first kappa shape index (κ1) is 41.1. The number of amides is 2. The van der Waals surface area contributed by atoms with E-state index in [1.165, 1.54) is 71.6 Å². The number of carbonyl (C=O) groups is 5. The fourth-order valence-corrected chi connectivity index (χ4v) is 5.91. The summed E-state index contributed by atoms with van der Waals surface area (Å²) in [6.45, 7) is 8.62. The molecule has 0 radical (unpaired) electrons. The van der Waals surface area contributed by atoms with Gasteiger partial charge in [0.1, 0.15) is 6.61 Å². The van der Waals surface area contributed by atoms with Gasteiger partial charge in [-0.05, 0) is 50.9 Å². The van der Waals surface area contributed by atoms with Gasteiger partial charge < -0.3 is 24.8 Å². The summed E-state index contributed by atoms with van der Waals surface area (Å²) in [5.41, 5.74) is -1.03. The summed E-state index contributed by atoms with van der Waals surface area (Å²) < 4.78 is 10.3. The molecule has 1 aliphatic heterocycles. The lowest BCUT2D eigenvalue weighted by molar-refractivity contribution is -0.167. The lowest BCUT2D eigenvalue weighted by atomic mass is 9.83. The molecule has 1 rings (SSSR count). The molecular weight excluding hydrogens is 588 g/mol. The number of unbranched alkanes of at least 4 members (excludes halogenated alkanes) is 11. The Morgan fingerprint density at radius 1 is 0.848 bits per heavy atom. The third-order valence-corrected chi connectivity index (χ3v) is 8.81. The zero-order chi connectivity index (χ0) is 34.4. The fourth-order valence-electron chi connectivity index (χ4n) is 5.91. The summed E-state index contributed by atoms with van der Waals surface area (Å²) in [4.78, 5) is 62.7. The molecule has 2 N–H and O–H groups in total. The highest BCUT2D eigenvalue weighted by Gasteiger charge is 2.40. The van der Waals surface area contributed by atoms with Crippen molar-refractivity contribution in [3.63, 3.8) is 0 Å². The number of hydrogen-bond donors (Lipinski definition) is 2. The van der Waals surface area contributed by atoms with Gasteiger partial charge in [0.15, 0.2) is 6.10 Å². The van der Waals surface area contributed by atoms with E-state index in [1.54, 1.807) is 13.8 Å². The Morgan fingerprint density at radius 2 is 1.39 bits per heavy atom. The van der Waals surface area contributed by atoms with Crippen LogP contribution in [0.4, 0.5) is 0 Å². The van der Waals surface area contributed by atoms with E-state index in [1.807, 2.05) is 4.90 Å². The highest BCUT2D eigenvalue weighted by Crippen LogP contribution is 2.28. The molecule has 0 aliphatic carbocycles. The summed E-state index contributed by atoms with van der Waals surface area (Å²) >= 11 is 0. The van der Waals surface area contributed by atoms with Crippen molar-refractivity contribution in [3.05, 3.63) is 12.2 Å². The number of rotatable bonds is 24. The molecule has 0 bridgehead atoms. The average molecular weight is 651 g/mol. The number of nitrogens with one attached hydrogen (secondary N) is 1. The van der Waals surface area contributed by atoms with E-state index in [9.17, 15) is 29.1 Å². The number of nitrogens with zero attached hydrogens (tertiary/aromatic N) is 1. The minimum Gasteiger partial charge on any atom is -0.481 e. The quantitative estimate of drug-likeness (QED) is 0.0677. The molecule has 0 saturated carbocycles. The summed E-state index contributed by atoms with van der Waals surface area (Å²) in [6, 6.07) is 0. The molecule has 1 fully saturated rings. The Balaban J connectivity index is 2.36. The van der Waals surface area contributed by atoms with E-state index in [0.29, 0.717) is 32.4 Å². The predicted octanol–water partition coefficient (Wildman–Crippen LogP) is 6.60. The summed E-state index contributed by atoms with van der Waals surface area (Å²) in [5, 5.41) is 12.6. The van der Waals surface area contributed by atoms with Crippen molar-refractivity contribution in [1.82, 2.24) is 10.2 Å². The van der Waals surface area contributed by atoms with Crippen LogP contribution in [0, 0.1) is 17.3 Å². The van der Waals surface area contributed by atoms with Crippen LogP contribution < -0.4 is 5.32 Å². The van der Waals surface area contributed by atoms with Crippen LogP contribution >= 0.6 is 0 Å². The smallest absolute Gasteiger partial charge is 0.308 e. The first-order valence-corrected chi connectivity index (χ1v) is 17.6. The molecule has 10 nitrogen and oxygen atoms in total. The van der Waals surface area contributed by atoms with Crippen LogP contribution in [-0.4, -0.2) is 72.1 Å². The standard InChI is InChI=1S/C36H62N2O8/c1-6-7-8-9-10-11-12-13-14-15-16-17-18-19-20-21-32(41)38-24-22-30(23-25-38)31(35(43)44)26-37-34(42)33(46-29(3)40)36(4,5)27-45-28(2)39/h13-14,30-31,33H,6-12,15-27H2,1-5H3,(H,37,42)(H,43,44). The van der Waals surface area contributed by atoms with Crippen LogP contribution in [0.5, 0.6) is 0 Å². The molecule has 2 atom stereocenters. The van der Waals surface area contributed by atoms with Gasteiger partial charge in [0, 0.05) is 45.3 Å². The molecule has 264 valence electrons. The third-order valence-electron chi connectivity index (χ3n) is 8.81. The van der Waals surface area contributed by atoms with Crippen molar-refractivity contribution in [2.24, 2.45) is 17.3 Å². The van der Waals surface area contributed by atoms with Crippen LogP contribution in [-0.2, 0) is 33.4 Å². The number of piperidine rings is 1. The molecule has 1 aliphatic rings. The zero-order valence-electron chi connectivity index (χ0n) is 29.3. The minimum absolute atomic E-state index is 0.121. The number of esters is 2. The van der Waals surface area contributed by atoms with E-state index in [2.05, 4.69) is 24.4 Å². The van der Waals surface area contributed by atoms with Crippen LogP contribution in [0.3, 0.4) is 0 Å². The van der Waals surface area contributed by atoms with Gasteiger partial charge in [0.2, 0.25) is 5.91 Å². The van der Waals surface area contributed by atoms with Gasteiger partial charge in [-0.25, -0.2) is 0 Å². The normalized spacial score (nSPS) is 15.4. The van der Waals surface area contributed by atoms with E-state index in [-0.39, 0.29) is 25.0 Å². The minimum atomic E-state index is -1.27. The van der Waals surface area contributed by atoms with E-state index in [0.717, 1.165) is 25.7 Å². The predicted molar refractivity (Wildman–Crippen MR) is 179 cm³/mol. The first-order chi connectivity index (χ1) is 21.9. The average Bonchev–Trinajstić information content (AvgIpc) is 3.00. The van der Waals surface area contributed by atoms with Gasteiger partial charge in [-0.1, -0.05) is 84.3 Å². The van der Waals surface area contributed by atoms with E-state index in [4.69, 9.17) is 9.47 Å². The van der Waals surface area contributed by atoms with Crippen LogP contribution in [0.2, 0.25) is 0 Å². The monoisotopic (exact) mass is 650 g/mol. The van der Waals surface area contributed by atoms with Crippen molar-refractivity contribution in [1.29, 1.82) is 0 Å². The number of hydrogen-bond acceptors (Lipinski definition) is 7. The number of likely N-dealkylation sites (tertiary alicyclic amines) is 1. The first-order valence-electron chi connectivity index (χ1n) is 17.6. The second-order valence-electron chi connectivity index (χ2n) is 13.5. The third kappa shape index (κ3) is 17.7. The molecule has 46 heavy (non-hydrogen) atoms. The number of carboxylic acids is 1. The molecule has 1 heterocycles. The molecule has 0 aromatic rings. The number of allylic oxidation sites excluding steroid dienone is 2. The second kappa shape index (κ2) is 23.4. The Hall–Kier alpha value is -2.91. The van der Waals surface area contributed by atoms with E-state index < -0.39 is 41.3 Å². The molecule has 0 spiro atoms. The maximum atomic E-state index is 13.0. The highest BCUT2D eigenvalue weighted by atomic mass is 16.6. The Kier molecular flexibility index (Phi) is 20.9. The summed E-state index contributed by atoms with van der Waals surface area (Å²) in [6.07, 6.45) is 20.7. The SMILES string of the molecule is CCCCCCCCC=CCCCCCCCC(=O)N1CCC(C(CNC(=O)C(OC(C)=O)C(C)(C)COC(C)=O)C(=O)O)CC1. The molecular formula is C36H62N2O8. The fraction of sp³-hybridized carbons (Fsp3) is 0.806. The van der Waals surface area contributed by atoms with Crippen molar-refractivity contribution in [3.8, 4) is 0 Å². The summed E-state index contributed by atoms with van der Waals surface area (Å²) in [5.74, 6) is -3.81. The molecule has 1 saturated heterocycles. The lowest BCUT2D eigenvalue weighted by Gasteiger charge is -2.35. The largest absolute Gasteiger partial charge is 0.481 e. The molecule has 2 unspecified atom stereocenters. The molecule has 2 amide bonds. The highest BCUT2D eigenvalue weighted by molar-refractivity contribution is 5.85. The van der Waals surface area contributed by atoms with Crippen LogP contribution in [0.25, 0.3) is 0 Å². The van der Waals surface area contributed by atoms with Crippen LogP contribution in [0.15, 0.2) is 12.2 Å². The van der Waals surface area contributed by atoms with Gasteiger partial charge in [-0.2, -0.15) is 0 Å². The maximum Gasteiger partial charge on any atom is 0.308 e. The number of carbonyl (C=O) groups excluding carboxylic acids is 4. The van der Waals surface area contributed by atoms with Crippen molar-refractivity contribution < 1.29 is 38.6 Å². The number of ether oxygens (including phenoxy) is 2.